The van der Waals surface area contributed by atoms with Gasteiger partial charge in [0.15, 0.2) is 17.3 Å². The van der Waals surface area contributed by atoms with Crippen molar-refractivity contribution in [3.63, 3.8) is 0 Å². The summed E-state index contributed by atoms with van der Waals surface area (Å²) >= 11 is 0. The van der Waals surface area contributed by atoms with Gasteiger partial charge < -0.3 is 23.6 Å². The Morgan fingerprint density at radius 2 is 1.76 bits per heavy atom. The van der Waals surface area contributed by atoms with Crippen molar-refractivity contribution < 1.29 is 23.5 Å². The lowest BCUT2D eigenvalue weighted by Gasteiger charge is -2.19. The van der Waals surface area contributed by atoms with Crippen molar-refractivity contribution in [3.8, 4) is 17.2 Å². The van der Waals surface area contributed by atoms with Gasteiger partial charge in [0.2, 0.25) is 11.6 Å². The van der Waals surface area contributed by atoms with E-state index in [2.05, 4.69) is 10.1 Å². The summed E-state index contributed by atoms with van der Waals surface area (Å²) in [5.74, 6) is 2.94. The van der Waals surface area contributed by atoms with Gasteiger partial charge in [-0.25, -0.2) is 0 Å². The van der Waals surface area contributed by atoms with E-state index < -0.39 is 0 Å². The molecule has 29 heavy (non-hydrogen) atoms. The Morgan fingerprint density at radius 3 is 2.34 bits per heavy atom. The highest BCUT2D eigenvalue weighted by Crippen LogP contribution is 2.38. The van der Waals surface area contributed by atoms with Crippen LogP contribution < -0.4 is 14.2 Å². The van der Waals surface area contributed by atoms with E-state index in [4.69, 9.17) is 18.7 Å². The summed E-state index contributed by atoms with van der Waals surface area (Å²) in [5, 5.41) is 4.09. The van der Waals surface area contributed by atoms with Crippen molar-refractivity contribution in [1.29, 1.82) is 0 Å². The Morgan fingerprint density at radius 1 is 1.10 bits per heavy atom. The van der Waals surface area contributed by atoms with Crippen LogP contribution in [0.1, 0.15) is 60.1 Å². The summed E-state index contributed by atoms with van der Waals surface area (Å²) in [6.45, 7) is 0.471. The predicted octanol–water partition coefficient (Wildman–Crippen LogP) is 3.46. The van der Waals surface area contributed by atoms with Gasteiger partial charge in [0.25, 0.3) is 5.91 Å². The van der Waals surface area contributed by atoms with Crippen molar-refractivity contribution in [3.05, 3.63) is 29.4 Å². The van der Waals surface area contributed by atoms with E-state index >= 15 is 0 Å². The van der Waals surface area contributed by atoms with Gasteiger partial charge in [-0.05, 0) is 25.0 Å². The van der Waals surface area contributed by atoms with E-state index in [1.807, 2.05) is 0 Å². The molecule has 0 bridgehead atoms. The maximum absolute atomic E-state index is 12.9. The number of amides is 1. The molecule has 0 atom stereocenters. The van der Waals surface area contributed by atoms with Gasteiger partial charge in [-0.3, -0.25) is 4.79 Å². The van der Waals surface area contributed by atoms with Gasteiger partial charge in [0, 0.05) is 31.5 Å². The van der Waals surface area contributed by atoms with Crippen LogP contribution in [0.5, 0.6) is 17.2 Å². The van der Waals surface area contributed by atoms with E-state index in [1.54, 1.807) is 24.1 Å². The van der Waals surface area contributed by atoms with E-state index in [9.17, 15) is 4.79 Å². The fourth-order valence-corrected chi connectivity index (χ4v) is 3.68. The molecule has 1 amide bonds. The van der Waals surface area contributed by atoms with E-state index in [0.717, 1.165) is 18.7 Å². The van der Waals surface area contributed by atoms with Gasteiger partial charge in [0.1, 0.15) is 0 Å². The number of hydrogen-bond acceptors (Lipinski definition) is 7. The Labute approximate surface area is 171 Å². The first-order valence-corrected chi connectivity index (χ1v) is 9.95. The summed E-state index contributed by atoms with van der Waals surface area (Å²) in [5.41, 5.74) is 0.456. The second kappa shape index (κ2) is 9.62. The van der Waals surface area contributed by atoms with Crippen LogP contribution in [0, 0.1) is 0 Å². The number of hydrogen-bond donors (Lipinski definition) is 0. The zero-order chi connectivity index (χ0) is 20.8. The van der Waals surface area contributed by atoms with Crippen LogP contribution >= 0.6 is 0 Å². The fraction of sp³-hybridized carbons (Fsp3) is 0.571. The molecule has 0 radical (unpaired) electrons. The largest absolute Gasteiger partial charge is 0.493 e. The van der Waals surface area contributed by atoms with Gasteiger partial charge in [-0.1, -0.05) is 24.4 Å². The molecule has 158 valence electrons. The van der Waals surface area contributed by atoms with Crippen molar-refractivity contribution in [2.24, 2.45) is 0 Å². The molecule has 0 spiro atoms. The predicted molar refractivity (Wildman–Crippen MR) is 107 cm³/mol. The van der Waals surface area contributed by atoms with Gasteiger partial charge in [-0.15, -0.1) is 0 Å². The molecule has 1 aliphatic rings. The van der Waals surface area contributed by atoms with Crippen LogP contribution in [-0.4, -0.2) is 55.9 Å². The fourth-order valence-electron chi connectivity index (χ4n) is 3.68. The lowest BCUT2D eigenvalue weighted by Crippen LogP contribution is -2.29. The first kappa shape index (κ1) is 21.0. The molecule has 1 aliphatic carbocycles. The van der Waals surface area contributed by atoms with Crippen molar-refractivity contribution in [2.75, 3.05) is 34.9 Å². The Hall–Kier alpha value is -2.77. The summed E-state index contributed by atoms with van der Waals surface area (Å²) in [4.78, 5) is 19.0. The molecular formula is C21H29N3O5. The maximum atomic E-state index is 12.9. The molecule has 3 rings (SSSR count). The highest BCUT2D eigenvalue weighted by atomic mass is 16.5. The highest BCUT2D eigenvalue weighted by molar-refractivity contribution is 5.95. The SMILES string of the molecule is COc1cc(C(=O)N(C)CCc2noc(C3CCCCC3)n2)cc(OC)c1OC. The normalized spacial score (nSPS) is 14.5. The molecule has 0 N–H and O–H groups in total. The van der Waals surface area contributed by atoms with E-state index in [0.29, 0.717) is 47.5 Å². The van der Waals surface area contributed by atoms with Crippen molar-refractivity contribution in [2.45, 2.75) is 44.4 Å². The third kappa shape index (κ3) is 4.81. The van der Waals surface area contributed by atoms with Crippen molar-refractivity contribution in [1.82, 2.24) is 15.0 Å². The van der Waals surface area contributed by atoms with Crippen LogP contribution in [0.4, 0.5) is 0 Å². The number of aromatic nitrogens is 2. The lowest BCUT2D eigenvalue weighted by atomic mass is 9.89. The van der Waals surface area contributed by atoms with Crippen LogP contribution in [0.15, 0.2) is 16.7 Å². The van der Waals surface area contributed by atoms with Crippen LogP contribution in [0.2, 0.25) is 0 Å². The average Bonchev–Trinajstić information content (AvgIpc) is 3.25. The Balaban J connectivity index is 1.64. The lowest BCUT2D eigenvalue weighted by molar-refractivity contribution is 0.0795. The molecular weight excluding hydrogens is 374 g/mol. The van der Waals surface area contributed by atoms with E-state index in [-0.39, 0.29) is 5.91 Å². The van der Waals surface area contributed by atoms with Gasteiger partial charge in [-0.2, -0.15) is 4.98 Å². The molecule has 2 aromatic rings. The maximum Gasteiger partial charge on any atom is 0.253 e. The Bertz CT molecular complexity index is 804. The minimum atomic E-state index is -0.153. The monoisotopic (exact) mass is 403 g/mol. The standard InChI is InChI=1S/C21H29N3O5/c1-24(11-10-18-22-20(29-23-18)14-8-6-5-7-9-14)21(25)15-12-16(26-2)19(28-4)17(13-15)27-3/h12-14H,5-11H2,1-4H3. The first-order valence-electron chi connectivity index (χ1n) is 9.95. The van der Waals surface area contributed by atoms with Crippen LogP contribution in [0.25, 0.3) is 0 Å². The molecule has 1 aromatic carbocycles. The number of rotatable bonds is 8. The second-order valence-electron chi connectivity index (χ2n) is 7.27. The molecule has 0 aliphatic heterocycles. The van der Waals surface area contributed by atoms with Crippen molar-refractivity contribution >= 4 is 5.91 Å². The van der Waals surface area contributed by atoms with Crippen LogP contribution in [-0.2, 0) is 6.42 Å². The Kier molecular flexibility index (Phi) is 6.95. The summed E-state index contributed by atoms with van der Waals surface area (Å²) in [7, 11) is 6.32. The summed E-state index contributed by atoms with van der Waals surface area (Å²) in [6, 6.07) is 3.30. The second-order valence-corrected chi connectivity index (χ2v) is 7.27. The van der Waals surface area contributed by atoms with Gasteiger partial charge >= 0.3 is 0 Å². The zero-order valence-corrected chi connectivity index (χ0v) is 17.6. The van der Waals surface area contributed by atoms with Crippen LogP contribution in [0.3, 0.4) is 0 Å². The molecule has 0 unspecified atom stereocenters. The number of likely N-dealkylation sites (N-methyl/N-ethyl adjacent to an activating group) is 1. The average molecular weight is 403 g/mol. The number of ether oxygens (including phenoxy) is 3. The molecule has 1 saturated carbocycles. The molecule has 8 heteroatoms. The number of nitrogens with zero attached hydrogens (tertiary/aromatic N) is 3. The summed E-state index contributed by atoms with van der Waals surface area (Å²) in [6.07, 6.45) is 6.47. The molecule has 1 aromatic heterocycles. The first-order chi connectivity index (χ1) is 14.1. The topological polar surface area (TPSA) is 86.9 Å². The molecule has 8 nitrogen and oxygen atoms in total. The summed E-state index contributed by atoms with van der Waals surface area (Å²) < 4.78 is 21.4. The minimum Gasteiger partial charge on any atom is -0.493 e. The molecule has 1 fully saturated rings. The quantitative estimate of drug-likeness (QED) is 0.667. The number of methoxy groups -OCH3 is 3. The number of carbonyl (C=O) groups is 1. The zero-order valence-electron chi connectivity index (χ0n) is 17.6. The van der Waals surface area contributed by atoms with E-state index in [1.165, 1.54) is 40.6 Å². The third-order valence-corrected chi connectivity index (χ3v) is 5.37. The minimum absolute atomic E-state index is 0.153. The highest BCUT2D eigenvalue weighted by Gasteiger charge is 2.22. The number of carbonyl (C=O) groups excluding carboxylic acids is 1. The number of benzene rings is 1. The smallest absolute Gasteiger partial charge is 0.253 e. The van der Waals surface area contributed by atoms with Gasteiger partial charge in [0.05, 0.1) is 21.3 Å². The molecule has 0 saturated heterocycles. The molecule has 1 heterocycles. The third-order valence-electron chi connectivity index (χ3n) is 5.37.